The zero-order valence-electron chi connectivity index (χ0n) is 42.5. The van der Waals surface area contributed by atoms with Gasteiger partial charge in [0.2, 0.25) is 17.7 Å². The first-order valence-corrected chi connectivity index (χ1v) is 26.6. The average Bonchev–Trinajstić information content (AvgIpc) is 4.11. The Bertz CT molecular complexity index is 3180. The molecule has 3 amide bonds. The van der Waals surface area contributed by atoms with Crippen molar-refractivity contribution in [3.8, 4) is 45.8 Å². The molecule has 392 valence electrons. The number of amides is 3. The van der Waals surface area contributed by atoms with E-state index in [0.29, 0.717) is 68.6 Å². The average molecular weight is 1040 g/mol. The van der Waals surface area contributed by atoms with Crippen LogP contribution in [0.1, 0.15) is 82.5 Å². The molecule has 19 heteroatoms. The number of halogens is 2. The molecule has 4 aliphatic heterocycles. The molecular weight excluding hydrogens is 979 g/mol. The van der Waals surface area contributed by atoms with Crippen molar-refractivity contribution in [2.24, 2.45) is 5.41 Å². The van der Waals surface area contributed by atoms with Gasteiger partial charge in [-0.15, -0.1) is 17.8 Å². The maximum absolute atomic E-state index is 17.1. The number of phenols is 1. The highest BCUT2D eigenvalue weighted by Gasteiger charge is 2.44. The van der Waals surface area contributed by atoms with Crippen molar-refractivity contribution in [3.05, 3.63) is 88.7 Å². The number of aromatic hydroxyl groups is 1. The monoisotopic (exact) mass is 1040 g/mol. The molecule has 0 radical (unpaired) electrons. The molecule has 7 heterocycles. The van der Waals surface area contributed by atoms with Crippen molar-refractivity contribution in [1.82, 2.24) is 45.7 Å². The molecule has 0 spiro atoms. The van der Waals surface area contributed by atoms with Crippen LogP contribution in [0.2, 0.25) is 0 Å². The smallest absolute Gasteiger partial charge is 0.319 e. The number of nitrogens with zero attached hydrogens (tertiary/aromatic N) is 7. The normalized spacial score (nSPS) is 20.6. The fourth-order valence-electron chi connectivity index (χ4n) is 11.1. The third-order valence-corrected chi connectivity index (χ3v) is 16.0. The van der Waals surface area contributed by atoms with E-state index in [1.54, 1.807) is 11.3 Å². The third-order valence-electron chi connectivity index (χ3n) is 15.0. The lowest BCUT2D eigenvalue weighted by atomic mass is 9.85. The number of rotatable bonds is 14. The standard InChI is InChI=1S/C56H62F2N10O6S/c1-6-40-43(57)16-13-34-22-37(69)23-41(46(34)40)48-47(58)49-42(26-59-48)52(67-27-35-14-15-36(28-67)62-35)65-55(64-49)74-39-17-20-66(21-18-39)19-7-8-45(71)63-51(56(3,4)5)54(73)68-29-38(70)24-44(68)53(72)60-25-32-9-11-33(12-10-32)50-31(2)61-30-75-50/h1,9-13,16,22-23,26,30,35-36,38-39,44,51,62,69-70H,7-8,14-15,17-21,24-25,27-29H2,2-5H3,(H,60,72)(H,63,71)/t35?,36?,38-,44?,51?/m1/s1. The highest BCUT2D eigenvalue weighted by atomic mass is 32.1. The number of hydrogen-bond acceptors (Lipinski definition) is 14. The number of aliphatic hydroxyl groups is 1. The van der Waals surface area contributed by atoms with Gasteiger partial charge in [0.15, 0.2) is 5.82 Å². The minimum atomic E-state index is -0.936. The minimum absolute atomic E-state index is 0.0158. The molecule has 5 atom stereocenters. The predicted molar refractivity (Wildman–Crippen MR) is 283 cm³/mol. The molecule has 3 aromatic heterocycles. The number of fused-ring (bicyclic) bond motifs is 4. The number of phenolic OH excluding ortho intramolecular Hbond substituents is 1. The summed E-state index contributed by atoms with van der Waals surface area (Å²) in [5.74, 6) is 0.223. The van der Waals surface area contributed by atoms with Crippen LogP contribution in [0.15, 0.2) is 60.2 Å². The SMILES string of the molecule is C#Cc1c(F)ccc2cc(O)cc(-c3ncc4c(N5CC6CCC(C5)N6)nc(OC5CCN(CCCC(=O)NC(C(=O)N6C[C@H](O)CC6C(=O)NCc6ccc(-c7scnc7C)cc6)C(C)(C)C)CC5)nc4c3F)c12. The second-order valence-electron chi connectivity index (χ2n) is 21.4. The first-order valence-electron chi connectivity index (χ1n) is 25.7. The maximum Gasteiger partial charge on any atom is 0.319 e. The summed E-state index contributed by atoms with van der Waals surface area (Å²) in [6.07, 6.45) is 10.2. The molecule has 4 saturated heterocycles. The van der Waals surface area contributed by atoms with E-state index in [-0.39, 0.29) is 95.4 Å². The summed E-state index contributed by atoms with van der Waals surface area (Å²) < 4.78 is 38.6. The number of ether oxygens (including phenoxy) is 1. The Morgan fingerprint density at radius 1 is 1.00 bits per heavy atom. The summed E-state index contributed by atoms with van der Waals surface area (Å²) in [7, 11) is 0. The Morgan fingerprint density at radius 2 is 1.75 bits per heavy atom. The molecule has 10 rings (SSSR count). The number of β-amino-alcohol motifs (C(OH)–C–C–N with tert-alkyl or cyclic N) is 1. The minimum Gasteiger partial charge on any atom is -0.508 e. The Hall–Kier alpha value is -6.85. The first-order chi connectivity index (χ1) is 36.0. The zero-order valence-corrected chi connectivity index (χ0v) is 43.4. The lowest BCUT2D eigenvalue weighted by molar-refractivity contribution is -0.144. The molecule has 4 unspecified atom stereocenters. The van der Waals surface area contributed by atoms with Crippen LogP contribution >= 0.6 is 11.3 Å². The molecule has 0 saturated carbocycles. The predicted octanol–water partition coefficient (Wildman–Crippen LogP) is 6.62. The molecule has 6 aromatic rings. The van der Waals surface area contributed by atoms with E-state index in [1.165, 1.54) is 35.4 Å². The maximum atomic E-state index is 17.1. The van der Waals surface area contributed by atoms with Crippen molar-refractivity contribution in [2.45, 2.75) is 116 Å². The number of terminal acetylenes is 1. The van der Waals surface area contributed by atoms with Gasteiger partial charge in [0.25, 0.3) is 0 Å². The molecular formula is C56H62F2N10O6S. The molecule has 4 fully saturated rings. The number of pyridine rings is 1. The number of benzene rings is 3. The number of thiazole rings is 1. The van der Waals surface area contributed by atoms with Gasteiger partial charge in [-0.1, -0.05) is 57.0 Å². The van der Waals surface area contributed by atoms with E-state index in [9.17, 15) is 24.6 Å². The number of aromatic nitrogens is 4. The van der Waals surface area contributed by atoms with Crippen LogP contribution in [0.3, 0.4) is 0 Å². The fourth-order valence-corrected chi connectivity index (χ4v) is 11.9. The van der Waals surface area contributed by atoms with E-state index >= 15 is 8.78 Å². The van der Waals surface area contributed by atoms with Gasteiger partial charge in [-0.3, -0.25) is 19.4 Å². The molecule has 4 aliphatic rings. The van der Waals surface area contributed by atoms with Gasteiger partial charge in [-0.2, -0.15) is 9.97 Å². The van der Waals surface area contributed by atoms with Gasteiger partial charge in [-0.25, -0.2) is 13.8 Å². The lowest BCUT2D eigenvalue weighted by Crippen LogP contribution is -2.57. The van der Waals surface area contributed by atoms with E-state index in [1.807, 2.05) is 57.5 Å². The highest BCUT2D eigenvalue weighted by molar-refractivity contribution is 7.13. The Kier molecular flexibility index (Phi) is 14.7. The van der Waals surface area contributed by atoms with Gasteiger partial charge in [0.1, 0.15) is 46.8 Å². The fraction of sp³-hybridized carbons (Fsp3) is 0.446. The quantitative estimate of drug-likeness (QED) is 0.0732. The van der Waals surface area contributed by atoms with Crippen LogP contribution in [-0.4, -0.2) is 133 Å². The molecule has 16 nitrogen and oxygen atoms in total. The summed E-state index contributed by atoms with van der Waals surface area (Å²) in [4.78, 5) is 66.7. The number of carbonyl (C=O) groups is 3. The van der Waals surface area contributed by atoms with Crippen LogP contribution in [0.5, 0.6) is 11.8 Å². The molecule has 5 N–H and O–H groups in total. The number of likely N-dealkylation sites (tertiary alicyclic amines) is 2. The molecule has 0 aliphatic carbocycles. The van der Waals surface area contributed by atoms with E-state index < -0.39 is 41.1 Å². The van der Waals surface area contributed by atoms with E-state index in [0.717, 1.165) is 34.5 Å². The first kappa shape index (κ1) is 51.6. The molecule has 75 heavy (non-hydrogen) atoms. The number of carbonyl (C=O) groups excluding carboxylic acids is 3. The van der Waals surface area contributed by atoms with Crippen molar-refractivity contribution in [2.75, 3.05) is 44.2 Å². The number of piperazine rings is 1. The van der Waals surface area contributed by atoms with Gasteiger partial charge in [0.05, 0.1) is 33.1 Å². The topological polar surface area (TPSA) is 198 Å². The zero-order chi connectivity index (χ0) is 52.7. The van der Waals surface area contributed by atoms with Crippen LogP contribution in [0.25, 0.3) is 43.4 Å². The van der Waals surface area contributed by atoms with Crippen LogP contribution in [0, 0.1) is 36.3 Å². The van der Waals surface area contributed by atoms with Crippen molar-refractivity contribution in [3.63, 3.8) is 0 Å². The number of nitrogens with one attached hydrogen (secondary N) is 3. The van der Waals surface area contributed by atoms with Gasteiger partial charge in [0, 0.05) is 81.3 Å². The van der Waals surface area contributed by atoms with Gasteiger partial charge >= 0.3 is 6.01 Å². The second kappa shape index (κ2) is 21.4. The summed E-state index contributed by atoms with van der Waals surface area (Å²) in [5, 5.41) is 32.0. The Morgan fingerprint density at radius 3 is 2.44 bits per heavy atom. The van der Waals surface area contributed by atoms with Crippen molar-refractivity contribution >= 4 is 56.6 Å². The van der Waals surface area contributed by atoms with Gasteiger partial charge < -0.3 is 45.6 Å². The number of aryl methyl sites for hydroxylation is 1. The number of anilines is 1. The van der Waals surface area contributed by atoms with E-state index in [4.69, 9.17) is 16.1 Å². The summed E-state index contributed by atoms with van der Waals surface area (Å²) >= 11 is 1.57. The third kappa shape index (κ3) is 11.0. The lowest BCUT2D eigenvalue weighted by Gasteiger charge is -2.35. The Balaban J connectivity index is 0.763. The number of aliphatic hydroxyl groups excluding tert-OH is 1. The number of piperidine rings is 1. The summed E-state index contributed by atoms with van der Waals surface area (Å²) in [6.45, 7) is 11.1. The second-order valence-corrected chi connectivity index (χ2v) is 22.3. The van der Waals surface area contributed by atoms with Crippen molar-refractivity contribution in [1.29, 1.82) is 0 Å². The largest absolute Gasteiger partial charge is 0.508 e. The molecule has 3 aromatic carbocycles. The van der Waals surface area contributed by atoms with Crippen LogP contribution < -0.4 is 25.6 Å². The number of hydrogen-bond donors (Lipinski definition) is 5. The van der Waals surface area contributed by atoms with E-state index in [2.05, 4.69) is 46.6 Å². The van der Waals surface area contributed by atoms with Crippen molar-refractivity contribution < 1.29 is 38.1 Å². The Labute approximate surface area is 438 Å². The van der Waals surface area contributed by atoms with Gasteiger partial charge in [-0.05, 0) is 85.7 Å². The summed E-state index contributed by atoms with van der Waals surface area (Å²) in [6, 6.07) is 12.0. The van der Waals surface area contributed by atoms with Crippen LogP contribution in [-0.2, 0) is 20.9 Å². The summed E-state index contributed by atoms with van der Waals surface area (Å²) in [5.41, 5.74) is 3.89. The molecule has 2 bridgehead atoms. The highest BCUT2D eigenvalue weighted by Crippen LogP contribution is 2.40. The van der Waals surface area contributed by atoms with Crippen LogP contribution in [0.4, 0.5) is 14.6 Å².